The summed E-state index contributed by atoms with van der Waals surface area (Å²) in [6.07, 6.45) is 1.44. The maximum Gasteiger partial charge on any atom is 0.254 e. The Morgan fingerprint density at radius 1 is 1.47 bits per heavy atom. The minimum absolute atomic E-state index is 0.278. The zero-order chi connectivity index (χ0) is 10.9. The van der Waals surface area contributed by atoms with Gasteiger partial charge >= 0.3 is 0 Å². The van der Waals surface area contributed by atoms with Crippen molar-refractivity contribution < 1.29 is 4.79 Å². The Morgan fingerprint density at radius 3 is 2.67 bits per heavy atom. The Balaban J connectivity index is 2.16. The predicted octanol–water partition coefficient (Wildman–Crippen LogP) is 2.13. The highest BCUT2D eigenvalue weighted by Gasteiger charge is 2.44. The van der Waals surface area contributed by atoms with Crippen LogP contribution in [0.4, 0.5) is 0 Å². The number of hydrogen-bond acceptors (Lipinski definition) is 2. The molecule has 15 heavy (non-hydrogen) atoms. The second kappa shape index (κ2) is 3.56. The molecule has 1 N–H and O–H groups in total. The largest absolute Gasteiger partial charge is 0.334 e. The molecular weight excluding hydrogens is 212 g/mol. The molecule has 1 saturated carbocycles. The molecule has 4 heteroatoms. The fraction of sp³-hybridized carbons (Fsp3) is 0.273. The Kier molecular flexibility index (Phi) is 2.37. The maximum absolute atomic E-state index is 11.7. The number of halogens is 1. The van der Waals surface area contributed by atoms with E-state index in [9.17, 15) is 4.79 Å². The van der Waals surface area contributed by atoms with Crippen LogP contribution in [0.2, 0.25) is 5.02 Å². The molecule has 0 saturated heterocycles. The summed E-state index contributed by atoms with van der Waals surface area (Å²) in [4.78, 5) is 11.7. The van der Waals surface area contributed by atoms with Crippen molar-refractivity contribution in [3.05, 3.63) is 34.9 Å². The van der Waals surface area contributed by atoms with E-state index in [2.05, 4.69) is 11.4 Å². The molecule has 1 aromatic carbocycles. The van der Waals surface area contributed by atoms with Crippen LogP contribution in [0.3, 0.4) is 0 Å². The average molecular weight is 221 g/mol. The van der Waals surface area contributed by atoms with E-state index in [1.54, 1.807) is 24.3 Å². The van der Waals surface area contributed by atoms with Crippen molar-refractivity contribution >= 4 is 17.5 Å². The van der Waals surface area contributed by atoms with Crippen molar-refractivity contribution in [2.75, 3.05) is 0 Å². The average Bonchev–Trinajstić information content (AvgIpc) is 2.99. The fourth-order valence-corrected chi connectivity index (χ4v) is 1.54. The first-order valence-electron chi connectivity index (χ1n) is 4.65. The van der Waals surface area contributed by atoms with E-state index in [0.29, 0.717) is 10.6 Å². The van der Waals surface area contributed by atoms with E-state index in [1.807, 2.05) is 0 Å². The SMILES string of the molecule is N#CC1(NC(=O)c2ccccc2Cl)CC1. The summed E-state index contributed by atoms with van der Waals surface area (Å²) >= 11 is 5.87. The summed E-state index contributed by atoms with van der Waals surface area (Å²) < 4.78 is 0. The lowest BCUT2D eigenvalue weighted by Gasteiger charge is -2.09. The number of nitrogens with one attached hydrogen (secondary N) is 1. The first-order valence-corrected chi connectivity index (χ1v) is 5.03. The second-order valence-corrected chi connectivity index (χ2v) is 4.04. The van der Waals surface area contributed by atoms with Crippen LogP contribution in [0.15, 0.2) is 24.3 Å². The summed E-state index contributed by atoms with van der Waals surface area (Å²) in [5, 5.41) is 11.9. The van der Waals surface area contributed by atoms with Gasteiger partial charge in [-0.05, 0) is 25.0 Å². The molecule has 0 radical (unpaired) electrons. The van der Waals surface area contributed by atoms with Crippen LogP contribution in [0.1, 0.15) is 23.2 Å². The lowest BCUT2D eigenvalue weighted by atomic mass is 10.2. The van der Waals surface area contributed by atoms with Gasteiger partial charge in [-0.3, -0.25) is 4.79 Å². The molecule has 1 aliphatic rings. The monoisotopic (exact) mass is 220 g/mol. The lowest BCUT2D eigenvalue weighted by molar-refractivity contribution is 0.0942. The van der Waals surface area contributed by atoms with Crippen LogP contribution in [-0.2, 0) is 0 Å². The third kappa shape index (κ3) is 1.95. The standard InChI is InChI=1S/C11H9ClN2O/c12-9-4-2-1-3-8(9)10(15)14-11(7-13)5-6-11/h1-4H,5-6H2,(H,14,15). The highest BCUT2D eigenvalue weighted by Crippen LogP contribution is 2.34. The van der Waals surface area contributed by atoms with Crippen LogP contribution < -0.4 is 5.32 Å². The molecule has 0 atom stereocenters. The van der Waals surface area contributed by atoms with Crippen LogP contribution in [-0.4, -0.2) is 11.4 Å². The third-order valence-corrected chi connectivity index (χ3v) is 2.76. The van der Waals surface area contributed by atoms with E-state index in [-0.39, 0.29) is 5.91 Å². The summed E-state index contributed by atoms with van der Waals surface area (Å²) in [7, 11) is 0. The van der Waals surface area contributed by atoms with Crippen LogP contribution in [0.25, 0.3) is 0 Å². The first-order chi connectivity index (χ1) is 7.17. The molecule has 0 heterocycles. The zero-order valence-electron chi connectivity index (χ0n) is 7.96. The number of nitriles is 1. The molecule has 1 aromatic rings. The van der Waals surface area contributed by atoms with Gasteiger partial charge in [-0.1, -0.05) is 23.7 Å². The van der Waals surface area contributed by atoms with Gasteiger partial charge < -0.3 is 5.32 Å². The van der Waals surface area contributed by atoms with Crippen molar-refractivity contribution in [1.82, 2.24) is 5.32 Å². The van der Waals surface area contributed by atoms with Gasteiger partial charge in [0.15, 0.2) is 0 Å². The van der Waals surface area contributed by atoms with Crippen molar-refractivity contribution in [2.45, 2.75) is 18.4 Å². The zero-order valence-corrected chi connectivity index (χ0v) is 8.71. The number of amides is 1. The fourth-order valence-electron chi connectivity index (χ4n) is 1.32. The van der Waals surface area contributed by atoms with Crippen LogP contribution in [0.5, 0.6) is 0 Å². The minimum Gasteiger partial charge on any atom is -0.334 e. The van der Waals surface area contributed by atoms with Crippen LogP contribution >= 0.6 is 11.6 Å². The number of carbonyl (C=O) groups is 1. The second-order valence-electron chi connectivity index (χ2n) is 3.63. The normalized spacial score (nSPS) is 16.5. The van der Waals surface area contributed by atoms with Gasteiger partial charge in [0.05, 0.1) is 16.7 Å². The highest BCUT2D eigenvalue weighted by molar-refractivity contribution is 6.33. The quantitative estimate of drug-likeness (QED) is 0.830. The molecule has 0 aliphatic heterocycles. The molecule has 1 fully saturated rings. The summed E-state index contributed by atoms with van der Waals surface area (Å²) in [5.41, 5.74) is -0.225. The Morgan fingerprint density at radius 2 is 2.13 bits per heavy atom. The van der Waals surface area contributed by atoms with Gasteiger partial charge in [0.25, 0.3) is 5.91 Å². The van der Waals surface area contributed by atoms with Crippen LogP contribution in [0, 0.1) is 11.3 Å². The topological polar surface area (TPSA) is 52.9 Å². The molecule has 0 aromatic heterocycles. The van der Waals surface area contributed by atoms with Crippen molar-refractivity contribution in [3.63, 3.8) is 0 Å². The molecule has 76 valence electrons. The first kappa shape index (κ1) is 10.0. The number of carbonyl (C=O) groups excluding carboxylic acids is 1. The van der Waals surface area contributed by atoms with Gasteiger partial charge in [-0.2, -0.15) is 5.26 Å². The maximum atomic E-state index is 11.7. The van der Waals surface area contributed by atoms with Gasteiger partial charge in [0, 0.05) is 0 Å². The number of rotatable bonds is 2. The van der Waals surface area contributed by atoms with Gasteiger partial charge in [0.1, 0.15) is 5.54 Å². The molecule has 1 aliphatic carbocycles. The van der Waals surface area contributed by atoms with Gasteiger partial charge in [-0.15, -0.1) is 0 Å². The number of nitrogens with zero attached hydrogens (tertiary/aromatic N) is 1. The van der Waals surface area contributed by atoms with E-state index in [0.717, 1.165) is 12.8 Å². The van der Waals surface area contributed by atoms with E-state index >= 15 is 0 Å². The predicted molar refractivity (Wildman–Crippen MR) is 56.5 cm³/mol. The Hall–Kier alpha value is -1.53. The minimum atomic E-state index is -0.643. The number of hydrogen-bond donors (Lipinski definition) is 1. The van der Waals surface area contributed by atoms with Crippen molar-refractivity contribution in [3.8, 4) is 6.07 Å². The molecule has 3 nitrogen and oxygen atoms in total. The molecule has 0 unspecified atom stereocenters. The molecular formula is C11H9ClN2O. The molecule has 2 rings (SSSR count). The summed E-state index contributed by atoms with van der Waals surface area (Å²) in [6.45, 7) is 0. The van der Waals surface area contributed by atoms with Crippen molar-refractivity contribution in [1.29, 1.82) is 5.26 Å². The van der Waals surface area contributed by atoms with Gasteiger partial charge in [0.2, 0.25) is 0 Å². The van der Waals surface area contributed by atoms with E-state index in [4.69, 9.17) is 16.9 Å². The lowest BCUT2D eigenvalue weighted by Crippen LogP contribution is -2.35. The molecule has 0 spiro atoms. The summed E-state index contributed by atoms with van der Waals surface area (Å²) in [5.74, 6) is -0.278. The van der Waals surface area contributed by atoms with Gasteiger partial charge in [-0.25, -0.2) is 0 Å². The smallest absolute Gasteiger partial charge is 0.254 e. The Bertz CT molecular complexity index is 446. The highest BCUT2D eigenvalue weighted by atomic mass is 35.5. The Labute approximate surface area is 92.7 Å². The van der Waals surface area contributed by atoms with E-state index < -0.39 is 5.54 Å². The summed E-state index contributed by atoms with van der Waals surface area (Å²) in [6, 6.07) is 8.90. The van der Waals surface area contributed by atoms with E-state index in [1.165, 1.54) is 0 Å². The molecule has 1 amide bonds. The van der Waals surface area contributed by atoms with Crippen molar-refractivity contribution in [2.24, 2.45) is 0 Å². The number of benzene rings is 1. The third-order valence-electron chi connectivity index (χ3n) is 2.44. The molecule has 0 bridgehead atoms.